The molecule has 3 N–H and O–H groups in total. The highest BCUT2D eigenvalue weighted by Gasteiger charge is 2.35. The van der Waals surface area contributed by atoms with E-state index in [9.17, 15) is 9.90 Å². The highest BCUT2D eigenvalue weighted by molar-refractivity contribution is 5.89. The fourth-order valence-electron chi connectivity index (χ4n) is 2.73. The minimum atomic E-state index is -0.996. The van der Waals surface area contributed by atoms with Gasteiger partial charge in [0, 0.05) is 11.1 Å². The van der Waals surface area contributed by atoms with E-state index in [2.05, 4.69) is 0 Å². The first-order chi connectivity index (χ1) is 9.01. The van der Waals surface area contributed by atoms with E-state index < -0.39 is 11.5 Å². The first-order valence-corrected chi connectivity index (χ1v) is 6.30. The largest absolute Gasteiger partial charge is 0.493 e. The molecule has 0 spiro atoms. The topological polar surface area (TPSA) is 81.8 Å². The van der Waals surface area contributed by atoms with Gasteiger partial charge in [-0.1, -0.05) is 12.8 Å². The molecule has 1 aromatic carbocycles. The van der Waals surface area contributed by atoms with Crippen LogP contribution in [-0.4, -0.2) is 25.3 Å². The molecule has 1 fully saturated rings. The van der Waals surface area contributed by atoms with Crippen molar-refractivity contribution in [2.24, 2.45) is 5.73 Å². The molecule has 104 valence electrons. The van der Waals surface area contributed by atoms with Crippen LogP contribution in [0, 0.1) is 0 Å². The normalized spacial score (nSPS) is 17.2. The first kappa shape index (κ1) is 13.7. The minimum absolute atomic E-state index is 0.171. The third-order valence-electron chi connectivity index (χ3n) is 3.76. The molecule has 0 atom stereocenters. The second-order valence-corrected chi connectivity index (χ2v) is 4.93. The van der Waals surface area contributed by atoms with E-state index in [0.717, 1.165) is 31.2 Å². The summed E-state index contributed by atoms with van der Waals surface area (Å²) < 4.78 is 10.6. The molecule has 0 unspecified atom stereocenters. The van der Waals surface area contributed by atoms with Gasteiger partial charge in [-0.05, 0) is 25.0 Å². The third kappa shape index (κ3) is 2.38. The number of benzene rings is 1. The SMILES string of the molecule is COc1cc(C(=O)O)cc(C2(N)CCCC2)c1OC. The smallest absolute Gasteiger partial charge is 0.335 e. The van der Waals surface area contributed by atoms with Crippen LogP contribution in [0.15, 0.2) is 12.1 Å². The van der Waals surface area contributed by atoms with Gasteiger partial charge in [0.1, 0.15) is 0 Å². The molecule has 5 nitrogen and oxygen atoms in total. The van der Waals surface area contributed by atoms with Gasteiger partial charge in [0.2, 0.25) is 0 Å². The third-order valence-corrected chi connectivity index (χ3v) is 3.76. The number of nitrogens with two attached hydrogens (primary N) is 1. The predicted molar refractivity (Wildman–Crippen MR) is 70.8 cm³/mol. The molecule has 2 rings (SSSR count). The van der Waals surface area contributed by atoms with E-state index in [0.29, 0.717) is 11.5 Å². The summed E-state index contributed by atoms with van der Waals surface area (Å²) in [6.45, 7) is 0. The lowest BCUT2D eigenvalue weighted by Gasteiger charge is -2.27. The van der Waals surface area contributed by atoms with E-state index in [1.807, 2.05) is 0 Å². The molecule has 1 aliphatic carbocycles. The number of carboxylic acid groups (broad SMARTS) is 1. The Morgan fingerprint density at radius 1 is 1.26 bits per heavy atom. The Morgan fingerprint density at radius 3 is 2.37 bits per heavy atom. The molecule has 1 saturated carbocycles. The van der Waals surface area contributed by atoms with Crippen LogP contribution in [0.5, 0.6) is 11.5 Å². The van der Waals surface area contributed by atoms with Crippen LogP contribution in [0.1, 0.15) is 41.6 Å². The average molecular weight is 265 g/mol. The minimum Gasteiger partial charge on any atom is -0.493 e. The zero-order valence-electron chi connectivity index (χ0n) is 11.2. The van der Waals surface area contributed by atoms with Gasteiger partial charge in [-0.2, -0.15) is 0 Å². The maximum absolute atomic E-state index is 11.2. The number of carboxylic acids is 1. The lowest BCUT2D eigenvalue weighted by atomic mass is 9.87. The van der Waals surface area contributed by atoms with Crippen LogP contribution in [0.3, 0.4) is 0 Å². The van der Waals surface area contributed by atoms with Crippen molar-refractivity contribution >= 4 is 5.97 Å². The molecule has 0 aromatic heterocycles. The van der Waals surface area contributed by atoms with Gasteiger partial charge in [-0.15, -0.1) is 0 Å². The number of rotatable bonds is 4. The van der Waals surface area contributed by atoms with Crippen molar-refractivity contribution in [1.82, 2.24) is 0 Å². The van der Waals surface area contributed by atoms with Crippen LogP contribution in [0.4, 0.5) is 0 Å². The number of hydrogen-bond acceptors (Lipinski definition) is 4. The number of aromatic carboxylic acids is 1. The summed E-state index contributed by atoms with van der Waals surface area (Å²) in [6.07, 6.45) is 3.74. The van der Waals surface area contributed by atoms with Gasteiger partial charge in [0.25, 0.3) is 0 Å². The summed E-state index contributed by atoms with van der Waals surface area (Å²) in [4.78, 5) is 11.2. The number of hydrogen-bond donors (Lipinski definition) is 2. The molecule has 1 aliphatic rings. The number of carbonyl (C=O) groups is 1. The van der Waals surface area contributed by atoms with E-state index in [4.69, 9.17) is 15.2 Å². The Hall–Kier alpha value is -1.75. The lowest BCUT2D eigenvalue weighted by Crippen LogP contribution is -2.34. The summed E-state index contributed by atoms with van der Waals surface area (Å²) in [5.74, 6) is -0.0465. The number of ether oxygens (including phenoxy) is 2. The second kappa shape index (κ2) is 5.09. The molecule has 0 aliphatic heterocycles. The van der Waals surface area contributed by atoms with E-state index >= 15 is 0 Å². The molecule has 0 saturated heterocycles. The summed E-state index contributed by atoms with van der Waals surface area (Å²) >= 11 is 0. The summed E-state index contributed by atoms with van der Waals surface area (Å²) in [7, 11) is 3.03. The highest BCUT2D eigenvalue weighted by Crippen LogP contribution is 2.44. The molecule has 19 heavy (non-hydrogen) atoms. The van der Waals surface area contributed by atoms with Crippen LogP contribution in [-0.2, 0) is 5.54 Å². The quantitative estimate of drug-likeness (QED) is 0.871. The van der Waals surface area contributed by atoms with Gasteiger partial charge in [0.05, 0.1) is 19.8 Å². The van der Waals surface area contributed by atoms with Gasteiger partial charge >= 0.3 is 5.97 Å². The van der Waals surface area contributed by atoms with Crippen LogP contribution < -0.4 is 15.2 Å². The van der Waals surface area contributed by atoms with Crippen LogP contribution in [0.2, 0.25) is 0 Å². The molecule has 0 bridgehead atoms. The van der Waals surface area contributed by atoms with Crippen LogP contribution in [0.25, 0.3) is 0 Å². The Morgan fingerprint density at radius 2 is 1.89 bits per heavy atom. The molecule has 5 heteroatoms. The standard InChI is InChI=1S/C14H19NO4/c1-18-11-8-9(13(16)17)7-10(12(11)19-2)14(15)5-3-4-6-14/h7-8H,3-6,15H2,1-2H3,(H,16,17). The van der Waals surface area contributed by atoms with E-state index in [1.165, 1.54) is 13.2 Å². The summed E-state index contributed by atoms with van der Waals surface area (Å²) in [5.41, 5.74) is 6.79. The van der Waals surface area contributed by atoms with Crippen LogP contribution >= 0.6 is 0 Å². The van der Waals surface area contributed by atoms with Crippen molar-refractivity contribution in [2.75, 3.05) is 14.2 Å². The average Bonchev–Trinajstić information content (AvgIpc) is 2.85. The molecular formula is C14H19NO4. The van der Waals surface area contributed by atoms with Crippen molar-refractivity contribution in [3.8, 4) is 11.5 Å². The van der Waals surface area contributed by atoms with Crippen molar-refractivity contribution in [3.05, 3.63) is 23.3 Å². The van der Waals surface area contributed by atoms with E-state index in [-0.39, 0.29) is 5.56 Å². The number of methoxy groups -OCH3 is 2. The van der Waals surface area contributed by atoms with Crippen molar-refractivity contribution in [1.29, 1.82) is 0 Å². The Kier molecular flexibility index (Phi) is 3.66. The molecule has 0 amide bonds. The Bertz CT molecular complexity index is 492. The predicted octanol–water partition coefficient (Wildman–Crippen LogP) is 2.13. The first-order valence-electron chi connectivity index (χ1n) is 6.30. The maximum atomic E-state index is 11.2. The van der Waals surface area contributed by atoms with Gasteiger partial charge in [-0.3, -0.25) is 0 Å². The maximum Gasteiger partial charge on any atom is 0.335 e. The van der Waals surface area contributed by atoms with Crippen molar-refractivity contribution in [2.45, 2.75) is 31.2 Å². The van der Waals surface area contributed by atoms with E-state index in [1.54, 1.807) is 13.2 Å². The molecule has 0 heterocycles. The molecule has 0 radical (unpaired) electrons. The fraction of sp³-hybridized carbons (Fsp3) is 0.500. The van der Waals surface area contributed by atoms with Crippen molar-refractivity contribution < 1.29 is 19.4 Å². The highest BCUT2D eigenvalue weighted by atomic mass is 16.5. The monoisotopic (exact) mass is 265 g/mol. The van der Waals surface area contributed by atoms with Gasteiger partial charge in [-0.25, -0.2) is 4.79 Å². The van der Waals surface area contributed by atoms with Gasteiger partial charge in [0.15, 0.2) is 11.5 Å². The van der Waals surface area contributed by atoms with Crippen molar-refractivity contribution in [3.63, 3.8) is 0 Å². The second-order valence-electron chi connectivity index (χ2n) is 4.93. The fourth-order valence-corrected chi connectivity index (χ4v) is 2.73. The zero-order chi connectivity index (χ0) is 14.0. The molecular weight excluding hydrogens is 246 g/mol. The Labute approximate surface area is 112 Å². The Balaban J connectivity index is 2.62. The lowest BCUT2D eigenvalue weighted by molar-refractivity contribution is 0.0696. The molecule has 1 aromatic rings. The zero-order valence-corrected chi connectivity index (χ0v) is 11.2. The summed E-state index contributed by atoms with van der Waals surface area (Å²) in [6, 6.07) is 3.07. The summed E-state index contributed by atoms with van der Waals surface area (Å²) in [5, 5.41) is 9.18. The van der Waals surface area contributed by atoms with Gasteiger partial charge < -0.3 is 20.3 Å².